The maximum absolute atomic E-state index is 12.4. The lowest BCUT2D eigenvalue weighted by Crippen LogP contribution is -1.99. The van der Waals surface area contributed by atoms with Gasteiger partial charge in [0.1, 0.15) is 22.9 Å². The van der Waals surface area contributed by atoms with Crippen LogP contribution in [0.5, 0.6) is 5.75 Å². The molecule has 0 aliphatic carbocycles. The molecule has 0 amide bonds. The Labute approximate surface area is 115 Å². The number of carbonyl (C=O) groups is 1. The summed E-state index contributed by atoms with van der Waals surface area (Å²) in [7, 11) is 1.59. The van der Waals surface area contributed by atoms with Gasteiger partial charge in [0.05, 0.1) is 12.7 Å². The molecule has 0 radical (unpaired) electrons. The second kappa shape index (κ2) is 4.56. The summed E-state index contributed by atoms with van der Waals surface area (Å²) < 4.78 is 16.1. The van der Waals surface area contributed by atoms with E-state index in [0.29, 0.717) is 34.2 Å². The van der Waals surface area contributed by atoms with Gasteiger partial charge < -0.3 is 13.6 Å². The maximum Gasteiger partial charge on any atom is 0.231 e. The highest BCUT2D eigenvalue weighted by atomic mass is 16.5. The van der Waals surface area contributed by atoms with Gasteiger partial charge in [-0.3, -0.25) is 4.79 Å². The molecule has 0 spiro atoms. The number of ketones is 1. The van der Waals surface area contributed by atoms with Crippen LogP contribution in [0.25, 0.3) is 11.0 Å². The zero-order valence-electron chi connectivity index (χ0n) is 11.5. The number of fused-ring (bicyclic) bond motifs is 1. The van der Waals surface area contributed by atoms with Crippen molar-refractivity contribution < 1.29 is 18.4 Å². The fraction of sp³-hybridized carbons (Fsp3) is 0.188. The van der Waals surface area contributed by atoms with Crippen molar-refractivity contribution in [2.75, 3.05) is 7.11 Å². The Hall–Kier alpha value is -2.49. The van der Waals surface area contributed by atoms with Crippen molar-refractivity contribution in [3.63, 3.8) is 0 Å². The molecule has 102 valence electrons. The molecule has 3 aromatic rings. The summed E-state index contributed by atoms with van der Waals surface area (Å²) in [6, 6.07) is 8.92. The summed E-state index contributed by atoms with van der Waals surface area (Å²) in [5.74, 6) is 2.14. The van der Waals surface area contributed by atoms with E-state index in [9.17, 15) is 4.79 Å². The average Bonchev–Trinajstić information content (AvgIpc) is 3.00. The summed E-state index contributed by atoms with van der Waals surface area (Å²) in [4.78, 5) is 12.4. The standard InChI is InChI=1S/C16H14O4/c1-9-6-13(10(2)19-9)16(17)15-7-11-4-5-12(18-3)8-14(11)20-15/h4-8H,1-3H3. The molecule has 0 bridgehead atoms. The third kappa shape index (κ3) is 1.99. The van der Waals surface area contributed by atoms with E-state index >= 15 is 0 Å². The van der Waals surface area contributed by atoms with Gasteiger partial charge >= 0.3 is 0 Å². The molecular weight excluding hydrogens is 256 g/mol. The summed E-state index contributed by atoms with van der Waals surface area (Å²) >= 11 is 0. The quantitative estimate of drug-likeness (QED) is 0.678. The molecule has 0 aliphatic rings. The largest absolute Gasteiger partial charge is 0.497 e. The van der Waals surface area contributed by atoms with E-state index < -0.39 is 0 Å². The van der Waals surface area contributed by atoms with Crippen LogP contribution in [0.1, 0.15) is 27.6 Å². The predicted octanol–water partition coefficient (Wildman–Crippen LogP) is 3.88. The van der Waals surface area contributed by atoms with Crippen LogP contribution in [0.3, 0.4) is 0 Å². The molecular formula is C16H14O4. The molecule has 3 rings (SSSR count). The Bertz CT molecular complexity index is 792. The maximum atomic E-state index is 12.4. The van der Waals surface area contributed by atoms with Crippen molar-refractivity contribution in [3.8, 4) is 5.75 Å². The van der Waals surface area contributed by atoms with Gasteiger partial charge in [0.25, 0.3) is 0 Å². The molecule has 0 saturated heterocycles. The SMILES string of the molecule is COc1ccc2cc(C(=O)c3cc(C)oc3C)oc2c1. The van der Waals surface area contributed by atoms with Crippen LogP contribution in [0, 0.1) is 13.8 Å². The number of aryl methyl sites for hydroxylation is 2. The summed E-state index contributed by atoms with van der Waals surface area (Å²) in [6.07, 6.45) is 0. The number of benzene rings is 1. The topological polar surface area (TPSA) is 52.6 Å². The van der Waals surface area contributed by atoms with E-state index in [-0.39, 0.29) is 5.78 Å². The average molecular weight is 270 g/mol. The van der Waals surface area contributed by atoms with E-state index in [1.54, 1.807) is 32.2 Å². The van der Waals surface area contributed by atoms with Gasteiger partial charge in [0.15, 0.2) is 5.76 Å². The van der Waals surface area contributed by atoms with Gasteiger partial charge in [-0.1, -0.05) is 0 Å². The summed E-state index contributed by atoms with van der Waals surface area (Å²) in [6.45, 7) is 3.58. The van der Waals surface area contributed by atoms with Crippen LogP contribution in [-0.4, -0.2) is 12.9 Å². The molecule has 2 aromatic heterocycles. The number of methoxy groups -OCH3 is 1. The van der Waals surface area contributed by atoms with Crippen LogP contribution in [-0.2, 0) is 0 Å². The van der Waals surface area contributed by atoms with Crippen molar-refractivity contribution in [2.24, 2.45) is 0 Å². The molecule has 0 unspecified atom stereocenters. The van der Waals surface area contributed by atoms with E-state index in [4.69, 9.17) is 13.6 Å². The van der Waals surface area contributed by atoms with E-state index in [1.165, 1.54) is 0 Å². The van der Waals surface area contributed by atoms with Crippen LogP contribution in [0.4, 0.5) is 0 Å². The minimum absolute atomic E-state index is 0.172. The summed E-state index contributed by atoms with van der Waals surface area (Å²) in [5, 5.41) is 0.868. The normalized spacial score (nSPS) is 10.9. The van der Waals surface area contributed by atoms with Gasteiger partial charge in [-0.25, -0.2) is 0 Å². The Morgan fingerprint density at radius 1 is 1.10 bits per heavy atom. The monoisotopic (exact) mass is 270 g/mol. The molecule has 0 fully saturated rings. The number of hydrogen-bond acceptors (Lipinski definition) is 4. The Morgan fingerprint density at radius 3 is 2.55 bits per heavy atom. The third-order valence-corrected chi connectivity index (χ3v) is 3.24. The van der Waals surface area contributed by atoms with Gasteiger partial charge in [0.2, 0.25) is 5.78 Å². The number of furan rings is 2. The lowest BCUT2D eigenvalue weighted by atomic mass is 10.1. The first kappa shape index (κ1) is 12.5. The lowest BCUT2D eigenvalue weighted by molar-refractivity contribution is 0.101. The van der Waals surface area contributed by atoms with Crippen LogP contribution in [0.15, 0.2) is 39.2 Å². The van der Waals surface area contributed by atoms with Crippen LogP contribution < -0.4 is 4.74 Å². The lowest BCUT2D eigenvalue weighted by Gasteiger charge is -1.96. The highest BCUT2D eigenvalue weighted by molar-refractivity contribution is 6.09. The van der Waals surface area contributed by atoms with Crippen molar-refractivity contribution in [2.45, 2.75) is 13.8 Å². The second-order valence-electron chi connectivity index (χ2n) is 4.67. The molecule has 4 nitrogen and oxygen atoms in total. The number of carbonyl (C=O) groups excluding carboxylic acids is 1. The van der Waals surface area contributed by atoms with Crippen LogP contribution >= 0.6 is 0 Å². The van der Waals surface area contributed by atoms with E-state index in [1.807, 2.05) is 19.1 Å². The molecule has 0 N–H and O–H groups in total. The molecule has 4 heteroatoms. The zero-order chi connectivity index (χ0) is 14.3. The third-order valence-electron chi connectivity index (χ3n) is 3.24. The zero-order valence-corrected chi connectivity index (χ0v) is 11.5. The number of rotatable bonds is 3. The Kier molecular flexibility index (Phi) is 2.86. The van der Waals surface area contributed by atoms with E-state index in [2.05, 4.69) is 0 Å². The predicted molar refractivity (Wildman–Crippen MR) is 74.4 cm³/mol. The first-order chi connectivity index (χ1) is 9.58. The minimum Gasteiger partial charge on any atom is -0.497 e. The smallest absolute Gasteiger partial charge is 0.231 e. The van der Waals surface area contributed by atoms with Crippen LogP contribution in [0.2, 0.25) is 0 Å². The van der Waals surface area contributed by atoms with Crippen molar-refractivity contribution in [3.05, 3.63) is 53.2 Å². The second-order valence-corrected chi connectivity index (χ2v) is 4.67. The van der Waals surface area contributed by atoms with Gasteiger partial charge in [-0.2, -0.15) is 0 Å². The molecule has 2 heterocycles. The van der Waals surface area contributed by atoms with Gasteiger partial charge in [-0.15, -0.1) is 0 Å². The first-order valence-corrected chi connectivity index (χ1v) is 6.28. The Morgan fingerprint density at radius 2 is 1.90 bits per heavy atom. The molecule has 0 aliphatic heterocycles. The van der Waals surface area contributed by atoms with Crippen molar-refractivity contribution in [1.29, 1.82) is 0 Å². The van der Waals surface area contributed by atoms with E-state index in [0.717, 1.165) is 5.39 Å². The minimum atomic E-state index is -0.172. The molecule has 0 atom stereocenters. The summed E-state index contributed by atoms with van der Waals surface area (Å²) in [5.41, 5.74) is 1.17. The molecule has 0 saturated carbocycles. The first-order valence-electron chi connectivity index (χ1n) is 6.28. The highest BCUT2D eigenvalue weighted by Gasteiger charge is 2.19. The number of hydrogen-bond donors (Lipinski definition) is 0. The number of ether oxygens (including phenoxy) is 1. The van der Waals surface area contributed by atoms with Crippen molar-refractivity contribution in [1.82, 2.24) is 0 Å². The van der Waals surface area contributed by atoms with Crippen molar-refractivity contribution >= 4 is 16.8 Å². The fourth-order valence-electron chi connectivity index (χ4n) is 2.24. The highest BCUT2D eigenvalue weighted by Crippen LogP contribution is 2.26. The van der Waals surface area contributed by atoms with Gasteiger partial charge in [-0.05, 0) is 38.1 Å². The molecule has 1 aromatic carbocycles. The van der Waals surface area contributed by atoms with Gasteiger partial charge in [0, 0.05) is 11.5 Å². The fourth-order valence-corrected chi connectivity index (χ4v) is 2.24. The molecule has 20 heavy (non-hydrogen) atoms. The Balaban J connectivity index is 2.05.